The first-order chi connectivity index (χ1) is 15.0. The summed E-state index contributed by atoms with van der Waals surface area (Å²) in [7, 11) is 0. The molecule has 0 N–H and O–H groups in total. The Balaban J connectivity index is 1.73. The number of ether oxygens (including phenoxy) is 3. The lowest BCUT2D eigenvalue weighted by molar-refractivity contribution is -0.157. The molecule has 3 aromatic carbocycles. The predicted molar refractivity (Wildman–Crippen MR) is 118 cm³/mol. The quantitative estimate of drug-likeness (QED) is 0.386. The lowest BCUT2D eigenvalue weighted by Gasteiger charge is -2.22. The van der Waals surface area contributed by atoms with Gasteiger partial charge in [0.25, 0.3) is 0 Å². The molecule has 0 bridgehead atoms. The maximum atomic E-state index is 12.8. The van der Waals surface area contributed by atoms with Gasteiger partial charge in [-0.1, -0.05) is 55.8 Å². The molecule has 5 nitrogen and oxygen atoms in total. The van der Waals surface area contributed by atoms with Crippen molar-refractivity contribution in [2.24, 2.45) is 5.92 Å². The molecule has 0 aromatic heterocycles. The molecule has 0 radical (unpaired) electrons. The second kappa shape index (κ2) is 10.5. The number of nitriles is 1. The van der Waals surface area contributed by atoms with E-state index in [0.717, 1.165) is 0 Å². The molecule has 2 unspecified atom stereocenters. The lowest BCUT2D eigenvalue weighted by atomic mass is 10.1. The summed E-state index contributed by atoms with van der Waals surface area (Å²) in [5.41, 5.74) is 0.512. The summed E-state index contributed by atoms with van der Waals surface area (Å²) >= 11 is 5.90. The van der Waals surface area contributed by atoms with E-state index in [1.807, 2.05) is 50.2 Å². The standard InChI is InChI=1S/C25H22ClNO4/c1-17(2)24(30-21-13-11-19(26)12-14-21)25(28)31-23(16-27)18-7-6-10-22(15-18)29-20-8-4-3-5-9-20/h3-15,17,23-24H,1-2H3. The number of hydrogen-bond donors (Lipinski definition) is 0. The fraction of sp³-hybridized carbons (Fsp3) is 0.200. The Hall–Kier alpha value is -3.49. The highest BCUT2D eigenvalue weighted by molar-refractivity contribution is 6.30. The van der Waals surface area contributed by atoms with Crippen LogP contribution in [0.4, 0.5) is 0 Å². The summed E-state index contributed by atoms with van der Waals surface area (Å²) in [4.78, 5) is 12.8. The number of para-hydroxylation sites is 1. The minimum Gasteiger partial charge on any atom is -0.478 e. The van der Waals surface area contributed by atoms with Crippen molar-refractivity contribution in [1.82, 2.24) is 0 Å². The van der Waals surface area contributed by atoms with Gasteiger partial charge in [-0.25, -0.2) is 4.79 Å². The molecule has 0 fully saturated rings. The minimum atomic E-state index is -1.10. The summed E-state index contributed by atoms with van der Waals surface area (Å²) in [6.45, 7) is 3.69. The van der Waals surface area contributed by atoms with E-state index >= 15 is 0 Å². The molecule has 158 valence electrons. The minimum absolute atomic E-state index is 0.171. The van der Waals surface area contributed by atoms with E-state index in [0.29, 0.717) is 27.8 Å². The van der Waals surface area contributed by atoms with Crippen LogP contribution in [0.2, 0.25) is 5.02 Å². The van der Waals surface area contributed by atoms with Gasteiger partial charge in [0.15, 0.2) is 6.10 Å². The van der Waals surface area contributed by atoms with Crippen molar-refractivity contribution in [3.05, 3.63) is 89.4 Å². The highest BCUT2D eigenvalue weighted by Crippen LogP contribution is 2.27. The zero-order valence-electron chi connectivity index (χ0n) is 17.2. The molecular formula is C25H22ClNO4. The van der Waals surface area contributed by atoms with E-state index < -0.39 is 18.2 Å². The Morgan fingerprint density at radius 2 is 1.58 bits per heavy atom. The average Bonchev–Trinajstić information content (AvgIpc) is 2.77. The van der Waals surface area contributed by atoms with Crippen LogP contribution in [0.25, 0.3) is 0 Å². The Morgan fingerprint density at radius 3 is 2.23 bits per heavy atom. The van der Waals surface area contributed by atoms with Crippen molar-refractivity contribution >= 4 is 17.6 Å². The van der Waals surface area contributed by atoms with Crippen molar-refractivity contribution < 1.29 is 19.0 Å². The summed E-state index contributed by atoms with van der Waals surface area (Å²) in [5, 5.41) is 10.2. The van der Waals surface area contributed by atoms with Crippen LogP contribution in [0.5, 0.6) is 17.2 Å². The van der Waals surface area contributed by atoms with Crippen molar-refractivity contribution in [3.8, 4) is 23.3 Å². The van der Waals surface area contributed by atoms with Crippen molar-refractivity contribution in [2.75, 3.05) is 0 Å². The summed E-state index contributed by atoms with van der Waals surface area (Å²) in [6, 6.07) is 24.9. The van der Waals surface area contributed by atoms with Gasteiger partial charge in [-0.15, -0.1) is 0 Å². The van der Waals surface area contributed by atoms with Crippen LogP contribution in [0.3, 0.4) is 0 Å². The van der Waals surface area contributed by atoms with Crippen LogP contribution in [-0.2, 0) is 9.53 Å². The number of rotatable bonds is 8. The molecule has 0 aliphatic rings. The molecule has 0 spiro atoms. The number of carbonyl (C=O) groups excluding carboxylic acids is 1. The molecule has 0 aliphatic heterocycles. The topological polar surface area (TPSA) is 68.5 Å². The maximum absolute atomic E-state index is 12.8. The van der Waals surface area contributed by atoms with Crippen LogP contribution in [-0.4, -0.2) is 12.1 Å². The van der Waals surface area contributed by atoms with Crippen LogP contribution >= 0.6 is 11.6 Å². The fourth-order valence-corrected chi connectivity index (χ4v) is 2.96. The van der Waals surface area contributed by atoms with Crippen LogP contribution in [0.1, 0.15) is 25.5 Å². The first-order valence-electron chi connectivity index (χ1n) is 9.81. The van der Waals surface area contributed by atoms with Crippen molar-refractivity contribution in [2.45, 2.75) is 26.1 Å². The molecule has 31 heavy (non-hydrogen) atoms. The van der Waals surface area contributed by atoms with Gasteiger partial charge < -0.3 is 14.2 Å². The Labute approximate surface area is 186 Å². The molecule has 0 heterocycles. The number of esters is 1. The molecule has 0 saturated carbocycles. The molecule has 6 heteroatoms. The third-order valence-electron chi connectivity index (χ3n) is 4.41. The number of nitrogens with zero attached hydrogens (tertiary/aromatic N) is 1. The monoisotopic (exact) mass is 435 g/mol. The molecule has 3 rings (SSSR count). The van der Waals surface area contributed by atoms with E-state index in [9.17, 15) is 10.1 Å². The van der Waals surface area contributed by atoms with Gasteiger partial charge in [0, 0.05) is 16.5 Å². The summed E-state index contributed by atoms with van der Waals surface area (Å²) in [6.07, 6.45) is -1.97. The number of halogens is 1. The number of hydrogen-bond acceptors (Lipinski definition) is 5. The van der Waals surface area contributed by atoms with Crippen molar-refractivity contribution in [1.29, 1.82) is 5.26 Å². The van der Waals surface area contributed by atoms with Gasteiger partial charge in [0.05, 0.1) is 0 Å². The van der Waals surface area contributed by atoms with Gasteiger partial charge in [-0.2, -0.15) is 5.26 Å². The normalized spacial score (nSPS) is 12.5. The molecule has 0 saturated heterocycles. The maximum Gasteiger partial charge on any atom is 0.349 e. The third-order valence-corrected chi connectivity index (χ3v) is 4.66. The number of carbonyl (C=O) groups is 1. The van der Waals surface area contributed by atoms with Crippen molar-refractivity contribution in [3.63, 3.8) is 0 Å². The highest BCUT2D eigenvalue weighted by Gasteiger charge is 2.29. The highest BCUT2D eigenvalue weighted by atomic mass is 35.5. The zero-order valence-corrected chi connectivity index (χ0v) is 18.0. The Bertz CT molecular complexity index is 1050. The van der Waals surface area contributed by atoms with E-state index in [4.69, 9.17) is 25.8 Å². The average molecular weight is 436 g/mol. The third kappa shape index (κ3) is 6.24. The van der Waals surface area contributed by atoms with E-state index in [2.05, 4.69) is 0 Å². The van der Waals surface area contributed by atoms with E-state index in [1.54, 1.807) is 48.5 Å². The smallest absolute Gasteiger partial charge is 0.349 e. The van der Waals surface area contributed by atoms with Crippen LogP contribution in [0.15, 0.2) is 78.9 Å². The first-order valence-corrected chi connectivity index (χ1v) is 10.2. The lowest BCUT2D eigenvalue weighted by Crippen LogP contribution is -2.35. The molecule has 0 aliphatic carbocycles. The van der Waals surface area contributed by atoms with Gasteiger partial charge in [0.1, 0.15) is 23.3 Å². The Morgan fingerprint density at radius 1 is 0.903 bits per heavy atom. The molecule has 3 aromatic rings. The first kappa shape index (κ1) is 22.2. The second-order valence-electron chi connectivity index (χ2n) is 7.17. The summed E-state index contributed by atoms with van der Waals surface area (Å²) < 4.78 is 17.1. The largest absolute Gasteiger partial charge is 0.478 e. The van der Waals surface area contributed by atoms with E-state index in [1.165, 1.54) is 0 Å². The zero-order chi connectivity index (χ0) is 22.2. The molecule has 2 atom stereocenters. The second-order valence-corrected chi connectivity index (χ2v) is 7.61. The van der Waals surface area contributed by atoms with Gasteiger partial charge in [0.2, 0.25) is 6.10 Å². The van der Waals surface area contributed by atoms with Gasteiger partial charge in [-0.05, 0) is 48.5 Å². The van der Waals surface area contributed by atoms with Crippen LogP contribution < -0.4 is 9.47 Å². The fourth-order valence-electron chi connectivity index (χ4n) is 2.83. The molecule has 0 amide bonds. The Kier molecular flexibility index (Phi) is 7.53. The van der Waals surface area contributed by atoms with Crippen LogP contribution in [0, 0.1) is 17.2 Å². The van der Waals surface area contributed by atoms with E-state index in [-0.39, 0.29) is 5.92 Å². The molecular weight excluding hydrogens is 414 g/mol. The van der Waals surface area contributed by atoms with Gasteiger partial charge >= 0.3 is 5.97 Å². The number of benzene rings is 3. The van der Waals surface area contributed by atoms with Gasteiger partial charge in [-0.3, -0.25) is 0 Å². The summed E-state index contributed by atoms with van der Waals surface area (Å²) in [5.74, 6) is 0.909. The predicted octanol–water partition coefficient (Wildman–Crippen LogP) is 6.34. The SMILES string of the molecule is CC(C)C(Oc1ccc(Cl)cc1)C(=O)OC(C#N)c1cccc(Oc2ccccc2)c1.